The quantitative estimate of drug-likeness (QED) is 0.143. The summed E-state index contributed by atoms with van der Waals surface area (Å²) in [5.41, 5.74) is 21.4. The van der Waals surface area contributed by atoms with Crippen LogP contribution in [0.25, 0.3) is 88.3 Å². The highest BCUT2D eigenvalue weighted by molar-refractivity contribution is 6.06. The van der Waals surface area contributed by atoms with Crippen LogP contribution in [-0.2, 0) is 5.41 Å². The van der Waals surface area contributed by atoms with E-state index in [2.05, 4.69) is 278 Å². The third-order valence-electron chi connectivity index (χ3n) is 15.2. The first-order valence-electron chi connectivity index (χ1n) is 25.2. The molecule has 12 aromatic carbocycles. The Kier molecular flexibility index (Phi) is 10.1. The van der Waals surface area contributed by atoms with E-state index in [1.807, 2.05) is 12.1 Å². The average molecular weight is 930 g/mol. The first-order chi connectivity index (χ1) is 36.2. The molecule has 0 fully saturated rings. The van der Waals surface area contributed by atoms with Crippen LogP contribution in [0.1, 0.15) is 22.3 Å². The zero-order chi connectivity index (χ0) is 48.3. The Bertz CT molecular complexity index is 4140. The van der Waals surface area contributed by atoms with E-state index in [4.69, 9.17) is 4.42 Å². The van der Waals surface area contributed by atoms with E-state index in [1.54, 1.807) is 0 Å². The lowest BCUT2D eigenvalue weighted by atomic mass is 9.67. The lowest BCUT2D eigenvalue weighted by Gasteiger charge is -2.34. The van der Waals surface area contributed by atoms with Crippen LogP contribution in [0.15, 0.2) is 290 Å². The maximum absolute atomic E-state index is 6.47. The van der Waals surface area contributed by atoms with E-state index in [0.29, 0.717) is 0 Å². The molecular formula is C71H47NO. The molecule has 1 aromatic heterocycles. The first kappa shape index (κ1) is 42.4. The molecule has 0 bridgehead atoms. The fraction of sp³-hybridized carbons (Fsp3) is 0.0141. The number of rotatable bonds is 9. The second kappa shape index (κ2) is 17.4. The smallest absolute Gasteiger partial charge is 0.136 e. The number of fused-ring (bicyclic) bond motifs is 7. The zero-order valence-corrected chi connectivity index (χ0v) is 40.0. The second-order valence-electron chi connectivity index (χ2n) is 19.1. The standard InChI is InChI=1S/C71H47NO/c1-3-21-54(22-4-1)71(55-23-5-2-6-24-55)65-32-12-9-29-64(65)70-61(31-17-33-66(70)71)52-20-15-25-57(46-52)72(67-34-13-10-27-60(67)53-42-45-63-62-28-11-14-35-68(62)73-69(63)47-53)56-43-40-49(41-44-56)48-36-38-51(39-37-48)59-30-16-19-50-18-7-8-26-58(50)59/h1-47H. The van der Waals surface area contributed by atoms with Crippen molar-refractivity contribution < 1.29 is 4.42 Å². The second-order valence-corrected chi connectivity index (χ2v) is 19.1. The number of furan rings is 1. The molecule has 0 saturated heterocycles. The molecule has 0 amide bonds. The van der Waals surface area contributed by atoms with Gasteiger partial charge in [-0.15, -0.1) is 0 Å². The highest BCUT2D eigenvalue weighted by atomic mass is 16.3. The van der Waals surface area contributed by atoms with Crippen LogP contribution in [0.3, 0.4) is 0 Å². The molecule has 1 heterocycles. The number of benzene rings is 12. The monoisotopic (exact) mass is 929 g/mol. The van der Waals surface area contributed by atoms with Crippen molar-refractivity contribution in [2.75, 3.05) is 4.90 Å². The van der Waals surface area contributed by atoms with Gasteiger partial charge in [-0.2, -0.15) is 0 Å². The summed E-state index contributed by atoms with van der Waals surface area (Å²) in [6, 6.07) is 104. The van der Waals surface area contributed by atoms with Crippen LogP contribution in [-0.4, -0.2) is 0 Å². The minimum Gasteiger partial charge on any atom is -0.456 e. The molecule has 1 aliphatic rings. The van der Waals surface area contributed by atoms with Crippen molar-refractivity contribution in [3.63, 3.8) is 0 Å². The van der Waals surface area contributed by atoms with E-state index in [0.717, 1.165) is 61.3 Å². The summed E-state index contributed by atoms with van der Waals surface area (Å²) < 4.78 is 6.47. The Morgan fingerprint density at radius 2 is 0.822 bits per heavy atom. The summed E-state index contributed by atoms with van der Waals surface area (Å²) in [7, 11) is 0. The number of nitrogens with zero attached hydrogens (tertiary/aromatic N) is 1. The molecule has 1 aliphatic carbocycles. The van der Waals surface area contributed by atoms with Gasteiger partial charge in [-0.05, 0) is 132 Å². The van der Waals surface area contributed by atoms with Crippen molar-refractivity contribution >= 4 is 49.8 Å². The zero-order valence-electron chi connectivity index (χ0n) is 40.0. The minimum absolute atomic E-state index is 0.494. The Morgan fingerprint density at radius 1 is 0.288 bits per heavy atom. The van der Waals surface area contributed by atoms with Gasteiger partial charge in [0.25, 0.3) is 0 Å². The number of hydrogen-bond acceptors (Lipinski definition) is 2. The van der Waals surface area contributed by atoms with Gasteiger partial charge < -0.3 is 9.32 Å². The van der Waals surface area contributed by atoms with Crippen LogP contribution >= 0.6 is 0 Å². The van der Waals surface area contributed by atoms with Crippen molar-refractivity contribution in [2.24, 2.45) is 0 Å². The largest absolute Gasteiger partial charge is 0.456 e. The molecule has 2 heteroatoms. The molecule has 0 atom stereocenters. The van der Waals surface area contributed by atoms with E-state index >= 15 is 0 Å². The number of anilines is 3. The van der Waals surface area contributed by atoms with Gasteiger partial charge in [0.05, 0.1) is 11.1 Å². The summed E-state index contributed by atoms with van der Waals surface area (Å²) in [6.07, 6.45) is 0. The molecule has 0 aliphatic heterocycles. The van der Waals surface area contributed by atoms with Gasteiger partial charge in [0.2, 0.25) is 0 Å². The van der Waals surface area contributed by atoms with Gasteiger partial charge >= 0.3 is 0 Å². The molecule has 13 aromatic rings. The Morgan fingerprint density at radius 3 is 1.62 bits per heavy atom. The van der Waals surface area contributed by atoms with Crippen molar-refractivity contribution in [2.45, 2.75) is 5.41 Å². The van der Waals surface area contributed by atoms with Crippen molar-refractivity contribution in [3.8, 4) is 55.6 Å². The summed E-state index contributed by atoms with van der Waals surface area (Å²) in [4.78, 5) is 2.42. The molecule has 0 unspecified atom stereocenters. The minimum atomic E-state index is -0.494. The maximum Gasteiger partial charge on any atom is 0.136 e. The lowest BCUT2D eigenvalue weighted by Crippen LogP contribution is -2.28. The molecule has 0 saturated carbocycles. The van der Waals surface area contributed by atoms with Crippen molar-refractivity contribution in [1.82, 2.24) is 0 Å². The highest BCUT2D eigenvalue weighted by Crippen LogP contribution is 2.58. The van der Waals surface area contributed by atoms with Gasteiger partial charge in [0, 0.05) is 27.7 Å². The van der Waals surface area contributed by atoms with E-state index in [9.17, 15) is 0 Å². The lowest BCUT2D eigenvalue weighted by molar-refractivity contribution is 0.669. The summed E-state index contributed by atoms with van der Waals surface area (Å²) in [6.45, 7) is 0. The van der Waals surface area contributed by atoms with Crippen LogP contribution < -0.4 is 4.90 Å². The van der Waals surface area contributed by atoms with E-state index in [1.165, 1.54) is 66.4 Å². The van der Waals surface area contributed by atoms with Crippen LogP contribution in [0.4, 0.5) is 17.1 Å². The van der Waals surface area contributed by atoms with Gasteiger partial charge in [0.15, 0.2) is 0 Å². The predicted molar refractivity (Wildman–Crippen MR) is 305 cm³/mol. The molecule has 0 spiro atoms. The van der Waals surface area contributed by atoms with Gasteiger partial charge in [0.1, 0.15) is 11.2 Å². The van der Waals surface area contributed by atoms with Crippen LogP contribution in [0, 0.1) is 0 Å². The number of hydrogen-bond donors (Lipinski definition) is 0. The molecule has 2 nitrogen and oxygen atoms in total. The van der Waals surface area contributed by atoms with E-state index in [-0.39, 0.29) is 0 Å². The average Bonchev–Trinajstić information content (AvgIpc) is 4.00. The van der Waals surface area contributed by atoms with Crippen molar-refractivity contribution in [3.05, 3.63) is 307 Å². The maximum atomic E-state index is 6.47. The van der Waals surface area contributed by atoms with Gasteiger partial charge in [-0.1, -0.05) is 237 Å². The molecule has 0 radical (unpaired) electrons. The Balaban J connectivity index is 0.917. The fourth-order valence-electron chi connectivity index (χ4n) is 11.9. The SMILES string of the molecule is c1ccc(C2(c3ccccc3)c3ccccc3-c3c(-c4cccc(N(c5ccc(-c6ccc(-c7cccc8ccccc78)cc6)cc5)c5ccccc5-c5ccc6c(c5)oc5ccccc56)c4)cccc32)cc1. The Hall–Kier alpha value is -9.50. The fourth-order valence-corrected chi connectivity index (χ4v) is 11.9. The molecule has 0 N–H and O–H groups in total. The number of para-hydroxylation sites is 2. The van der Waals surface area contributed by atoms with Gasteiger partial charge in [-0.25, -0.2) is 0 Å². The first-order valence-corrected chi connectivity index (χ1v) is 25.2. The normalized spacial score (nSPS) is 12.5. The molecule has 73 heavy (non-hydrogen) atoms. The van der Waals surface area contributed by atoms with Crippen molar-refractivity contribution in [1.29, 1.82) is 0 Å². The predicted octanol–water partition coefficient (Wildman–Crippen LogP) is 19.2. The molecule has 342 valence electrons. The Labute approximate surface area is 425 Å². The third-order valence-corrected chi connectivity index (χ3v) is 15.2. The summed E-state index contributed by atoms with van der Waals surface area (Å²) >= 11 is 0. The molecular weight excluding hydrogens is 883 g/mol. The van der Waals surface area contributed by atoms with E-state index < -0.39 is 5.41 Å². The van der Waals surface area contributed by atoms with Crippen LogP contribution in [0.5, 0.6) is 0 Å². The molecule has 14 rings (SSSR count). The summed E-state index contributed by atoms with van der Waals surface area (Å²) in [5.74, 6) is 0. The third kappa shape index (κ3) is 6.94. The topological polar surface area (TPSA) is 16.4 Å². The highest BCUT2D eigenvalue weighted by Gasteiger charge is 2.46. The van der Waals surface area contributed by atoms with Crippen LogP contribution in [0.2, 0.25) is 0 Å². The van der Waals surface area contributed by atoms with Gasteiger partial charge in [-0.3, -0.25) is 0 Å². The summed E-state index contributed by atoms with van der Waals surface area (Å²) in [5, 5.41) is 4.75.